The fourth-order valence-electron chi connectivity index (χ4n) is 6.27. The Morgan fingerprint density at radius 3 is 1.64 bits per heavy atom. The molecule has 5 heteroatoms. The summed E-state index contributed by atoms with van der Waals surface area (Å²) in [5, 5.41) is 4.39. The zero-order valence-electron chi connectivity index (χ0n) is 23.6. The van der Waals surface area contributed by atoms with E-state index in [4.69, 9.17) is 19.4 Å². The van der Waals surface area contributed by atoms with Crippen LogP contribution in [0.15, 0.2) is 150 Å². The van der Waals surface area contributed by atoms with Gasteiger partial charge >= 0.3 is 0 Å². The Bertz CT molecular complexity index is 2420. The monoisotopic (exact) mass is 564 g/mol. The van der Waals surface area contributed by atoms with Crippen LogP contribution in [0, 0.1) is 0 Å². The molecule has 6 aromatic carbocycles. The largest absolute Gasteiger partial charge is 0.456 e. The third-order valence-electron chi connectivity index (χ3n) is 8.24. The second-order valence-corrected chi connectivity index (χ2v) is 10.9. The van der Waals surface area contributed by atoms with Gasteiger partial charge in [0.1, 0.15) is 11.2 Å². The smallest absolute Gasteiger partial charge is 0.164 e. The molecule has 9 aromatic rings. The van der Waals surface area contributed by atoms with E-state index in [1.807, 2.05) is 78.9 Å². The van der Waals surface area contributed by atoms with E-state index in [1.165, 1.54) is 5.39 Å². The molecule has 0 amide bonds. The lowest BCUT2D eigenvalue weighted by molar-refractivity contribution is 0.664. The van der Waals surface area contributed by atoms with Crippen molar-refractivity contribution in [2.45, 2.75) is 0 Å². The van der Waals surface area contributed by atoms with Gasteiger partial charge < -0.3 is 8.98 Å². The van der Waals surface area contributed by atoms with E-state index >= 15 is 0 Å². The van der Waals surface area contributed by atoms with Crippen molar-refractivity contribution in [3.63, 3.8) is 0 Å². The van der Waals surface area contributed by atoms with Gasteiger partial charge in [0.15, 0.2) is 17.5 Å². The zero-order valence-corrected chi connectivity index (χ0v) is 23.6. The van der Waals surface area contributed by atoms with Gasteiger partial charge in [-0.2, -0.15) is 0 Å². The molecule has 5 nitrogen and oxygen atoms in total. The lowest BCUT2D eigenvalue weighted by Gasteiger charge is -2.09. The predicted octanol–water partition coefficient (Wildman–Crippen LogP) is 9.87. The summed E-state index contributed by atoms with van der Waals surface area (Å²) >= 11 is 0. The summed E-state index contributed by atoms with van der Waals surface area (Å²) in [6.45, 7) is 0. The Morgan fingerprint density at radius 1 is 0.409 bits per heavy atom. The standard InChI is InChI=1S/C39H24N4O/c1-4-12-25(13-5-1)37-40-38(26-14-6-2-7-15-26)42-39(41-37)27-22-23-33-30(24-27)29-18-10-19-31-35(29)36-32(20-11-21-34(36)44-33)43(31)28-16-8-3-9-17-28/h1-24H. The Hall–Kier alpha value is -6.07. The summed E-state index contributed by atoms with van der Waals surface area (Å²) in [4.78, 5) is 14.8. The van der Waals surface area contributed by atoms with E-state index < -0.39 is 0 Å². The van der Waals surface area contributed by atoms with Gasteiger partial charge in [-0.25, -0.2) is 15.0 Å². The number of hydrogen-bond donors (Lipinski definition) is 0. The summed E-state index contributed by atoms with van der Waals surface area (Å²) in [6, 6.07) is 49.6. The molecule has 3 aromatic heterocycles. The number of fused-ring (bicyclic) bond motifs is 2. The number of benzene rings is 6. The molecule has 0 radical (unpaired) electrons. The first-order valence-electron chi connectivity index (χ1n) is 14.6. The molecule has 0 spiro atoms. The molecule has 0 N–H and O–H groups in total. The number of hydrogen-bond acceptors (Lipinski definition) is 4. The maximum Gasteiger partial charge on any atom is 0.164 e. The number of nitrogens with zero attached hydrogens (tertiary/aromatic N) is 4. The quantitative estimate of drug-likeness (QED) is 0.213. The van der Waals surface area contributed by atoms with Crippen molar-refractivity contribution in [3.8, 4) is 39.9 Å². The molecule has 0 saturated heterocycles. The molecular formula is C39H24N4O. The van der Waals surface area contributed by atoms with E-state index in [0.717, 1.165) is 60.7 Å². The highest BCUT2D eigenvalue weighted by Crippen LogP contribution is 2.41. The van der Waals surface area contributed by atoms with Crippen molar-refractivity contribution in [1.29, 1.82) is 0 Å². The maximum absolute atomic E-state index is 6.68. The van der Waals surface area contributed by atoms with Crippen molar-refractivity contribution in [2.24, 2.45) is 0 Å². The van der Waals surface area contributed by atoms with E-state index in [0.29, 0.717) is 17.5 Å². The molecular weight excluding hydrogens is 540 g/mol. The van der Waals surface area contributed by atoms with Gasteiger partial charge in [0, 0.05) is 33.2 Å². The van der Waals surface area contributed by atoms with Gasteiger partial charge in [-0.1, -0.05) is 97.1 Å². The highest BCUT2D eigenvalue weighted by Gasteiger charge is 2.19. The minimum atomic E-state index is 0.612. The number of para-hydroxylation sites is 1. The second kappa shape index (κ2) is 9.75. The molecule has 0 fully saturated rings. The molecule has 0 saturated carbocycles. The molecule has 3 heterocycles. The van der Waals surface area contributed by atoms with Gasteiger partial charge in [0.05, 0.1) is 16.4 Å². The first kappa shape index (κ1) is 24.5. The number of rotatable bonds is 4. The Kier molecular flexibility index (Phi) is 5.43. The fraction of sp³-hybridized carbons (Fsp3) is 0. The minimum Gasteiger partial charge on any atom is -0.456 e. The third kappa shape index (κ3) is 3.83. The molecule has 0 atom stereocenters. The summed E-state index contributed by atoms with van der Waals surface area (Å²) in [5.41, 5.74) is 7.79. The normalized spacial score (nSPS) is 11.6. The average molecular weight is 565 g/mol. The van der Waals surface area contributed by atoms with Gasteiger partial charge in [-0.05, 0) is 53.9 Å². The second-order valence-electron chi connectivity index (χ2n) is 10.9. The van der Waals surface area contributed by atoms with E-state index in [1.54, 1.807) is 0 Å². The molecule has 206 valence electrons. The summed E-state index contributed by atoms with van der Waals surface area (Å²) < 4.78 is 9.00. The molecule has 0 bridgehead atoms. The first-order chi connectivity index (χ1) is 21.8. The molecule has 9 rings (SSSR count). The summed E-state index contributed by atoms with van der Waals surface area (Å²) in [6.07, 6.45) is 0. The molecule has 0 aliphatic carbocycles. The van der Waals surface area contributed by atoms with Crippen molar-refractivity contribution in [2.75, 3.05) is 0 Å². The van der Waals surface area contributed by atoms with Crippen LogP contribution < -0.4 is 0 Å². The minimum absolute atomic E-state index is 0.612. The Labute approximate surface area is 252 Å². The Balaban J connectivity index is 1.34. The van der Waals surface area contributed by atoms with Crippen molar-refractivity contribution < 1.29 is 4.42 Å². The predicted molar refractivity (Wildman–Crippen MR) is 178 cm³/mol. The van der Waals surface area contributed by atoms with Crippen molar-refractivity contribution >= 4 is 43.7 Å². The van der Waals surface area contributed by atoms with E-state index in [2.05, 4.69) is 71.3 Å². The van der Waals surface area contributed by atoms with Crippen LogP contribution in [0.5, 0.6) is 0 Å². The summed E-state index contributed by atoms with van der Waals surface area (Å²) in [5.74, 6) is 1.88. The van der Waals surface area contributed by atoms with Crippen LogP contribution in [0.4, 0.5) is 0 Å². The van der Waals surface area contributed by atoms with Gasteiger partial charge in [0.25, 0.3) is 0 Å². The van der Waals surface area contributed by atoms with Crippen LogP contribution in [0.2, 0.25) is 0 Å². The van der Waals surface area contributed by atoms with Crippen LogP contribution in [-0.2, 0) is 0 Å². The van der Waals surface area contributed by atoms with Crippen LogP contribution in [0.25, 0.3) is 83.6 Å². The molecule has 0 aliphatic heterocycles. The SMILES string of the molecule is c1ccc(-c2nc(-c3ccccc3)nc(-c3ccc4oc5cccc6c5c5c(cccc5n6-c5ccccc5)c4c3)n2)cc1. The van der Waals surface area contributed by atoms with Gasteiger partial charge in [0.2, 0.25) is 0 Å². The highest BCUT2D eigenvalue weighted by molar-refractivity contribution is 6.26. The van der Waals surface area contributed by atoms with Gasteiger partial charge in [-0.3, -0.25) is 0 Å². The maximum atomic E-state index is 6.68. The van der Waals surface area contributed by atoms with E-state index in [9.17, 15) is 0 Å². The van der Waals surface area contributed by atoms with Crippen LogP contribution >= 0.6 is 0 Å². The third-order valence-corrected chi connectivity index (χ3v) is 8.24. The molecule has 0 aliphatic rings. The average Bonchev–Trinajstić information content (AvgIpc) is 3.37. The van der Waals surface area contributed by atoms with Crippen LogP contribution in [0.1, 0.15) is 0 Å². The lowest BCUT2D eigenvalue weighted by Crippen LogP contribution is -2.00. The zero-order chi connectivity index (χ0) is 29.0. The first-order valence-corrected chi connectivity index (χ1v) is 14.6. The van der Waals surface area contributed by atoms with Crippen LogP contribution in [0.3, 0.4) is 0 Å². The number of aromatic nitrogens is 4. The molecule has 0 unspecified atom stereocenters. The van der Waals surface area contributed by atoms with Crippen molar-refractivity contribution in [3.05, 3.63) is 146 Å². The highest BCUT2D eigenvalue weighted by atomic mass is 16.3. The fourth-order valence-corrected chi connectivity index (χ4v) is 6.27. The van der Waals surface area contributed by atoms with Crippen LogP contribution in [-0.4, -0.2) is 19.5 Å². The summed E-state index contributed by atoms with van der Waals surface area (Å²) in [7, 11) is 0. The van der Waals surface area contributed by atoms with Gasteiger partial charge in [-0.15, -0.1) is 0 Å². The van der Waals surface area contributed by atoms with Crippen molar-refractivity contribution in [1.82, 2.24) is 19.5 Å². The Morgan fingerprint density at radius 2 is 0.977 bits per heavy atom. The topological polar surface area (TPSA) is 56.7 Å². The lowest BCUT2D eigenvalue weighted by atomic mass is 10.0. The van der Waals surface area contributed by atoms with E-state index in [-0.39, 0.29) is 0 Å². The molecule has 44 heavy (non-hydrogen) atoms.